The average molecular weight is 295 g/mol. The Labute approximate surface area is 133 Å². The molecule has 0 fully saturated rings. The molecule has 1 rings (SSSR count). The first kappa shape index (κ1) is 18.4. The van der Waals surface area contributed by atoms with Gasteiger partial charge in [-0.15, -0.1) is 0 Å². The molecule has 2 nitrogen and oxygen atoms in total. The third-order valence-electron chi connectivity index (χ3n) is 4.65. The minimum atomic E-state index is 0.633. The molecule has 1 heterocycles. The molecule has 2 heteroatoms. The van der Waals surface area contributed by atoms with Crippen LogP contribution in [0.4, 0.5) is 0 Å². The zero-order chi connectivity index (χ0) is 15.3. The second-order valence-electron chi connectivity index (χ2n) is 6.46. The highest BCUT2D eigenvalue weighted by molar-refractivity contribution is 4.96. The molecular weight excluding hydrogens is 256 g/mol. The van der Waals surface area contributed by atoms with Crippen LogP contribution in [0.3, 0.4) is 0 Å². The van der Waals surface area contributed by atoms with E-state index in [2.05, 4.69) is 43.0 Å². The lowest BCUT2D eigenvalue weighted by atomic mass is 10.1. The number of unbranched alkanes of at least 4 members (excludes halogenated alkanes) is 8. The zero-order valence-corrected chi connectivity index (χ0v) is 14.8. The highest BCUT2D eigenvalue weighted by Crippen LogP contribution is 2.20. The Morgan fingerprint density at radius 2 is 1.24 bits per heavy atom. The Bertz CT molecular complexity index is 262. The fourth-order valence-corrected chi connectivity index (χ4v) is 3.30. The molecule has 0 radical (unpaired) electrons. The maximum Gasteiger partial charge on any atom is 0.101 e. The number of hydrogen-bond acceptors (Lipinski definition) is 2. The van der Waals surface area contributed by atoms with E-state index < -0.39 is 0 Å². The van der Waals surface area contributed by atoms with Gasteiger partial charge in [-0.3, -0.25) is 0 Å². The van der Waals surface area contributed by atoms with Crippen molar-refractivity contribution in [3.05, 3.63) is 12.4 Å². The summed E-state index contributed by atoms with van der Waals surface area (Å²) in [6, 6.07) is 0. The molecule has 0 aromatic heterocycles. The van der Waals surface area contributed by atoms with Crippen LogP contribution in [0, 0.1) is 0 Å². The van der Waals surface area contributed by atoms with E-state index in [4.69, 9.17) is 0 Å². The van der Waals surface area contributed by atoms with Gasteiger partial charge in [-0.05, 0) is 19.8 Å². The highest BCUT2D eigenvalue weighted by Gasteiger charge is 2.23. The maximum absolute atomic E-state index is 2.56. The SMILES string of the molecule is CCCCCCCCCCCN1C=CN(CC)C1CCC. The topological polar surface area (TPSA) is 6.48 Å². The van der Waals surface area contributed by atoms with Crippen molar-refractivity contribution in [1.82, 2.24) is 9.80 Å². The van der Waals surface area contributed by atoms with Crippen LogP contribution >= 0.6 is 0 Å². The van der Waals surface area contributed by atoms with Crippen molar-refractivity contribution in [1.29, 1.82) is 0 Å². The monoisotopic (exact) mass is 294 g/mol. The normalized spacial score (nSPS) is 18.0. The van der Waals surface area contributed by atoms with E-state index in [9.17, 15) is 0 Å². The Hall–Kier alpha value is -0.660. The van der Waals surface area contributed by atoms with Crippen molar-refractivity contribution in [3.8, 4) is 0 Å². The summed E-state index contributed by atoms with van der Waals surface area (Å²) in [5.41, 5.74) is 0. The van der Waals surface area contributed by atoms with Crippen molar-refractivity contribution < 1.29 is 0 Å². The summed E-state index contributed by atoms with van der Waals surface area (Å²) < 4.78 is 0. The molecule has 0 amide bonds. The van der Waals surface area contributed by atoms with Crippen molar-refractivity contribution in [2.75, 3.05) is 13.1 Å². The summed E-state index contributed by atoms with van der Waals surface area (Å²) in [7, 11) is 0. The third kappa shape index (κ3) is 7.24. The second kappa shape index (κ2) is 11.9. The summed E-state index contributed by atoms with van der Waals surface area (Å²) in [6.07, 6.45) is 20.6. The van der Waals surface area contributed by atoms with Crippen LogP contribution < -0.4 is 0 Å². The lowest BCUT2D eigenvalue weighted by Gasteiger charge is -2.32. The molecule has 124 valence electrons. The molecule has 0 saturated carbocycles. The van der Waals surface area contributed by atoms with E-state index in [1.807, 2.05) is 0 Å². The van der Waals surface area contributed by atoms with Gasteiger partial charge in [0.05, 0.1) is 0 Å². The summed E-state index contributed by atoms with van der Waals surface area (Å²) >= 11 is 0. The van der Waals surface area contributed by atoms with E-state index in [-0.39, 0.29) is 0 Å². The third-order valence-corrected chi connectivity index (χ3v) is 4.65. The molecule has 1 atom stereocenters. The van der Waals surface area contributed by atoms with Crippen LogP contribution in [0.2, 0.25) is 0 Å². The lowest BCUT2D eigenvalue weighted by molar-refractivity contribution is 0.145. The molecular formula is C19H38N2. The smallest absolute Gasteiger partial charge is 0.101 e. The average Bonchev–Trinajstić information content (AvgIpc) is 2.88. The molecule has 0 bridgehead atoms. The van der Waals surface area contributed by atoms with Gasteiger partial charge in [0, 0.05) is 25.5 Å². The van der Waals surface area contributed by atoms with Crippen molar-refractivity contribution in [2.45, 2.75) is 97.6 Å². The number of rotatable bonds is 13. The molecule has 0 aromatic carbocycles. The minimum Gasteiger partial charge on any atom is -0.356 e. The van der Waals surface area contributed by atoms with Crippen LogP contribution in [0.1, 0.15) is 91.4 Å². The van der Waals surface area contributed by atoms with Gasteiger partial charge in [0.2, 0.25) is 0 Å². The van der Waals surface area contributed by atoms with Gasteiger partial charge in [0.15, 0.2) is 0 Å². The molecule has 1 aliphatic heterocycles. The van der Waals surface area contributed by atoms with Crippen LogP contribution in [-0.4, -0.2) is 29.1 Å². The van der Waals surface area contributed by atoms with E-state index >= 15 is 0 Å². The van der Waals surface area contributed by atoms with Crippen LogP contribution in [0.15, 0.2) is 12.4 Å². The fourth-order valence-electron chi connectivity index (χ4n) is 3.30. The number of nitrogens with zero attached hydrogens (tertiary/aromatic N) is 2. The molecule has 0 spiro atoms. The van der Waals surface area contributed by atoms with Gasteiger partial charge >= 0.3 is 0 Å². The quantitative estimate of drug-likeness (QED) is 0.399. The Kier molecular flexibility index (Phi) is 10.5. The summed E-state index contributed by atoms with van der Waals surface area (Å²) in [5, 5.41) is 0. The maximum atomic E-state index is 2.56. The Morgan fingerprint density at radius 3 is 1.81 bits per heavy atom. The standard InChI is InChI=1S/C19H38N2/c1-4-7-8-9-10-11-12-13-14-16-21-18-17-20(6-3)19(21)15-5-2/h17-19H,4-16H2,1-3H3. The van der Waals surface area contributed by atoms with Crippen LogP contribution in [0.25, 0.3) is 0 Å². The predicted octanol–water partition coefficient (Wildman–Crippen LogP) is 5.75. The van der Waals surface area contributed by atoms with Gasteiger partial charge in [0.25, 0.3) is 0 Å². The molecule has 1 aliphatic rings. The van der Waals surface area contributed by atoms with Crippen molar-refractivity contribution >= 4 is 0 Å². The van der Waals surface area contributed by atoms with Crippen LogP contribution in [-0.2, 0) is 0 Å². The summed E-state index contributed by atoms with van der Waals surface area (Å²) in [6.45, 7) is 9.22. The van der Waals surface area contributed by atoms with E-state index in [0.29, 0.717) is 6.17 Å². The molecule has 1 unspecified atom stereocenters. The highest BCUT2D eigenvalue weighted by atomic mass is 15.4. The number of hydrogen-bond donors (Lipinski definition) is 0. The van der Waals surface area contributed by atoms with Gasteiger partial charge in [-0.1, -0.05) is 71.6 Å². The first-order chi connectivity index (χ1) is 10.3. The van der Waals surface area contributed by atoms with Gasteiger partial charge in [-0.25, -0.2) is 0 Å². The summed E-state index contributed by atoms with van der Waals surface area (Å²) in [4.78, 5) is 5.05. The Morgan fingerprint density at radius 1 is 0.667 bits per heavy atom. The summed E-state index contributed by atoms with van der Waals surface area (Å²) in [5.74, 6) is 0. The minimum absolute atomic E-state index is 0.633. The van der Waals surface area contributed by atoms with Crippen molar-refractivity contribution in [2.24, 2.45) is 0 Å². The second-order valence-corrected chi connectivity index (χ2v) is 6.46. The van der Waals surface area contributed by atoms with E-state index in [1.165, 1.54) is 77.2 Å². The largest absolute Gasteiger partial charge is 0.356 e. The van der Waals surface area contributed by atoms with Gasteiger partial charge in [-0.2, -0.15) is 0 Å². The molecule has 0 saturated heterocycles. The zero-order valence-electron chi connectivity index (χ0n) is 14.8. The van der Waals surface area contributed by atoms with E-state index in [0.717, 1.165) is 6.54 Å². The van der Waals surface area contributed by atoms with Crippen LogP contribution in [0.5, 0.6) is 0 Å². The first-order valence-electron chi connectivity index (χ1n) is 9.53. The van der Waals surface area contributed by atoms with Gasteiger partial charge < -0.3 is 9.80 Å². The van der Waals surface area contributed by atoms with E-state index in [1.54, 1.807) is 0 Å². The first-order valence-corrected chi connectivity index (χ1v) is 9.53. The van der Waals surface area contributed by atoms with Gasteiger partial charge in [0.1, 0.15) is 6.17 Å². The molecule has 0 aliphatic carbocycles. The molecule has 0 aromatic rings. The van der Waals surface area contributed by atoms with Crippen molar-refractivity contribution in [3.63, 3.8) is 0 Å². The Balaban J connectivity index is 2.03. The lowest BCUT2D eigenvalue weighted by Crippen LogP contribution is -2.38. The molecule has 21 heavy (non-hydrogen) atoms. The predicted molar refractivity (Wildman–Crippen MR) is 94.1 cm³/mol. The molecule has 0 N–H and O–H groups in total. The fraction of sp³-hybridized carbons (Fsp3) is 0.895.